The largest absolute Gasteiger partial charge is 0.507 e. The molecule has 24 heavy (non-hydrogen) atoms. The average Bonchev–Trinajstić information content (AvgIpc) is 2.42. The Balaban J connectivity index is 3.53. The minimum absolute atomic E-state index is 0.174. The Bertz CT molecular complexity index is 648. The molecule has 0 spiro atoms. The smallest absolute Gasteiger partial charge is 0.235 e. The van der Waals surface area contributed by atoms with Crippen LogP contribution in [0.5, 0.6) is 5.75 Å². The molecule has 0 heterocycles. The van der Waals surface area contributed by atoms with Crippen molar-refractivity contribution in [3.8, 4) is 17.6 Å². The first-order valence-corrected chi connectivity index (χ1v) is 8.64. The van der Waals surface area contributed by atoms with Gasteiger partial charge >= 0.3 is 0 Å². The molecule has 0 aliphatic carbocycles. The number of benzene rings is 1. The third kappa shape index (κ3) is 4.87. The second-order valence-corrected chi connectivity index (χ2v) is 9.24. The minimum atomic E-state index is -0.253. The number of aromatic hydroxyl groups is 1. The van der Waals surface area contributed by atoms with Gasteiger partial charge in [0, 0.05) is 22.1 Å². The maximum atomic E-state index is 12.6. The topological polar surface area (TPSA) is 37.3 Å². The summed E-state index contributed by atoms with van der Waals surface area (Å²) in [4.78, 5) is 12.6. The molecule has 0 saturated heterocycles. The van der Waals surface area contributed by atoms with Crippen molar-refractivity contribution in [1.29, 1.82) is 0 Å². The Morgan fingerprint density at radius 2 is 1.38 bits per heavy atom. The first-order chi connectivity index (χ1) is 10.7. The fourth-order valence-electron chi connectivity index (χ4n) is 2.30. The van der Waals surface area contributed by atoms with E-state index in [1.165, 1.54) is 0 Å². The van der Waals surface area contributed by atoms with Gasteiger partial charge in [0.2, 0.25) is 5.78 Å². The molecule has 0 radical (unpaired) electrons. The number of hydrogen-bond donors (Lipinski definition) is 1. The van der Waals surface area contributed by atoms with Crippen LogP contribution in [0.4, 0.5) is 0 Å². The van der Waals surface area contributed by atoms with Gasteiger partial charge in [0.05, 0.1) is 0 Å². The highest BCUT2D eigenvalue weighted by atomic mass is 16.3. The number of rotatable bonds is 2. The molecule has 1 aromatic carbocycles. The van der Waals surface area contributed by atoms with E-state index < -0.39 is 0 Å². The Morgan fingerprint density at radius 1 is 0.958 bits per heavy atom. The van der Waals surface area contributed by atoms with Crippen LogP contribution in [0.1, 0.15) is 90.2 Å². The molecule has 1 rings (SSSR count). The van der Waals surface area contributed by atoms with E-state index in [2.05, 4.69) is 18.8 Å². The van der Waals surface area contributed by atoms with Gasteiger partial charge in [0.25, 0.3) is 0 Å². The van der Waals surface area contributed by atoms with Crippen molar-refractivity contribution in [2.75, 3.05) is 0 Å². The van der Waals surface area contributed by atoms with Crippen LogP contribution in [0.3, 0.4) is 0 Å². The zero-order chi connectivity index (χ0) is 18.9. The zero-order valence-corrected chi connectivity index (χ0v) is 16.7. The number of ketones is 1. The van der Waals surface area contributed by atoms with Crippen LogP contribution in [-0.4, -0.2) is 10.9 Å². The predicted octanol–water partition coefficient (Wildman–Crippen LogP) is 5.61. The molecule has 132 valence electrons. The normalized spacial score (nSPS) is 12.5. The fraction of sp³-hybridized carbons (Fsp3) is 0.591. The maximum absolute atomic E-state index is 12.6. The molecular formula is C22H32O2. The van der Waals surface area contributed by atoms with Crippen molar-refractivity contribution >= 4 is 5.78 Å². The number of carbonyl (C=O) groups excluding carboxylic acids is 1. The SMILES string of the molecule is CCC(C)(C)C#CC(=O)c1cc(C(C)(C)C)c(O)c(C(C)(C)C)c1. The molecule has 0 atom stereocenters. The van der Waals surface area contributed by atoms with Crippen LogP contribution in [0.15, 0.2) is 12.1 Å². The molecule has 0 saturated carbocycles. The quantitative estimate of drug-likeness (QED) is 0.435. The van der Waals surface area contributed by atoms with Gasteiger partial charge in [-0.1, -0.05) is 54.4 Å². The second kappa shape index (κ2) is 6.63. The van der Waals surface area contributed by atoms with E-state index in [1.54, 1.807) is 12.1 Å². The summed E-state index contributed by atoms with van der Waals surface area (Å²) in [5.74, 6) is 5.97. The van der Waals surface area contributed by atoms with E-state index in [9.17, 15) is 9.90 Å². The highest BCUT2D eigenvalue weighted by Crippen LogP contribution is 2.39. The number of phenols is 1. The van der Waals surface area contributed by atoms with Gasteiger partial charge in [-0.3, -0.25) is 4.79 Å². The molecular weight excluding hydrogens is 296 g/mol. The summed E-state index contributed by atoms with van der Waals surface area (Å²) in [5.41, 5.74) is 1.45. The van der Waals surface area contributed by atoms with Gasteiger partial charge in [0.15, 0.2) is 0 Å². The molecule has 1 N–H and O–H groups in total. The molecule has 0 unspecified atom stereocenters. The monoisotopic (exact) mass is 328 g/mol. The first kappa shape index (κ1) is 20.3. The number of phenolic OH excluding ortho intramolecular Hbond substituents is 1. The van der Waals surface area contributed by atoms with E-state index >= 15 is 0 Å². The average molecular weight is 328 g/mol. The predicted molar refractivity (Wildman–Crippen MR) is 102 cm³/mol. The van der Waals surface area contributed by atoms with Gasteiger partial charge in [-0.2, -0.15) is 0 Å². The second-order valence-electron chi connectivity index (χ2n) is 9.24. The summed E-state index contributed by atoms with van der Waals surface area (Å²) < 4.78 is 0. The van der Waals surface area contributed by atoms with Gasteiger partial charge in [-0.15, -0.1) is 0 Å². The molecule has 0 aliphatic heterocycles. The van der Waals surface area contributed by atoms with Gasteiger partial charge in [-0.05, 0) is 49.2 Å². The van der Waals surface area contributed by atoms with Gasteiger partial charge < -0.3 is 5.11 Å². The van der Waals surface area contributed by atoms with E-state index in [0.29, 0.717) is 5.56 Å². The van der Waals surface area contributed by atoms with Gasteiger partial charge in [0.1, 0.15) is 5.75 Å². The summed E-state index contributed by atoms with van der Waals surface area (Å²) in [6, 6.07) is 3.58. The first-order valence-electron chi connectivity index (χ1n) is 8.64. The van der Waals surface area contributed by atoms with E-state index in [1.807, 2.05) is 55.4 Å². The summed E-state index contributed by atoms with van der Waals surface area (Å²) >= 11 is 0. The van der Waals surface area contributed by atoms with Crippen molar-refractivity contribution in [2.24, 2.45) is 5.41 Å². The third-order valence-electron chi connectivity index (χ3n) is 4.39. The molecule has 0 aromatic heterocycles. The highest BCUT2D eigenvalue weighted by molar-refractivity contribution is 6.09. The van der Waals surface area contributed by atoms with E-state index in [4.69, 9.17) is 0 Å². The van der Waals surface area contributed by atoms with Crippen molar-refractivity contribution in [2.45, 2.75) is 79.6 Å². The van der Waals surface area contributed by atoms with E-state index in [0.717, 1.165) is 17.5 Å². The van der Waals surface area contributed by atoms with E-state index in [-0.39, 0.29) is 27.8 Å². The zero-order valence-electron chi connectivity index (χ0n) is 16.7. The molecule has 1 aromatic rings. The summed E-state index contributed by atoms with van der Waals surface area (Å²) in [6.07, 6.45) is 0.892. The third-order valence-corrected chi connectivity index (χ3v) is 4.39. The maximum Gasteiger partial charge on any atom is 0.235 e. The molecule has 0 fully saturated rings. The lowest BCUT2D eigenvalue weighted by Gasteiger charge is -2.27. The Morgan fingerprint density at radius 3 is 1.71 bits per heavy atom. The lowest BCUT2D eigenvalue weighted by Crippen LogP contribution is -2.18. The lowest BCUT2D eigenvalue weighted by molar-refractivity contribution is 0.105. The van der Waals surface area contributed by atoms with Crippen LogP contribution in [-0.2, 0) is 10.8 Å². The number of hydrogen-bond acceptors (Lipinski definition) is 2. The number of Topliss-reactive ketones (excluding diaryl/α,β-unsaturated/α-hetero) is 1. The molecule has 2 heteroatoms. The van der Waals surface area contributed by atoms with Crippen LogP contribution < -0.4 is 0 Å². The van der Waals surface area contributed by atoms with Crippen molar-refractivity contribution in [3.05, 3.63) is 28.8 Å². The standard InChI is InChI=1S/C22H32O2/c1-10-22(8,9)12-11-18(23)15-13-16(20(2,3)4)19(24)17(14-15)21(5,6)7/h13-14,24H,10H2,1-9H3. The van der Waals surface area contributed by atoms with Crippen LogP contribution in [0.25, 0.3) is 0 Å². The van der Waals surface area contributed by atoms with Crippen molar-refractivity contribution in [3.63, 3.8) is 0 Å². The van der Waals surface area contributed by atoms with Crippen LogP contribution in [0, 0.1) is 17.3 Å². The molecule has 0 amide bonds. The molecule has 0 aliphatic rings. The van der Waals surface area contributed by atoms with Crippen LogP contribution in [0.2, 0.25) is 0 Å². The van der Waals surface area contributed by atoms with Crippen molar-refractivity contribution < 1.29 is 9.90 Å². The lowest BCUT2D eigenvalue weighted by atomic mass is 9.78. The highest BCUT2D eigenvalue weighted by Gasteiger charge is 2.27. The van der Waals surface area contributed by atoms with Gasteiger partial charge in [-0.25, -0.2) is 0 Å². The summed E-state index contributed by atoms with van der Waals surface area (Å²) in [7, 11) is 0. The number of carbonyl (C=O) groups is 1. The fourth-order valence-corrected chi connectivity index (χ4v) is 2.30. The minimum Gasteiger partial charge on any atom is -0.507 e. The molecule has 0 bridgehead atoms. The molecule has 2 nitrogen and oxygen atoms in total. The Kier molecular flexibility index (Phi) is 5.61. The Labute approximate surface area is 147 Å². The van der Waals surface area contributed by atoms with Crippen molar-refractivity contribution in [1.82, 2.24) is 0 Å². The van der Waals surface area contributed by atoms with Crippen LogP contribution >= 0.6 is 0 Å². The summed E-state index contributed by atoms with van der Waals surface area (Å²) in [5, 5.41) is 10.7. The Hall–Kier alpha value is -1.75. The summed E-state index contributed by atoms with van der Waals surface area (Å²) in [6.45, 7) is 18.3.